The average Bonchev–Trinajstić information content (AvgIpc) is 2.96. The third-order valence-corrected chi connectivity index (χ3v) is 4.35. The molecule has 1 heterocycles. The fourth-order valence-electron chi connectivity index (χ4n) is 3.05. The van der Waals surface area contributed by atoms with Gasteiger partial charge in [0.1, 0.15) is 17.3 Å². The molecule has 1 amide bonds. The molecule has 0 radical (unpaired) electrons. The Kier molecular flexibility index (Phi) is 5.11. The van der Waals surface area contributed by atoms with E-state index in [2.05, 4.69) is 10.3 Å². The second-order valence-corrected chi connectivity index (χ2v) is 6.00. The number of aromatic amines is 1. The number of ether oxygens (including phenoxy) is 2. The molecule has 0 fully saturated rings. The van der Waals surface area contributed by atoms with Crippen LogP contribution in [0.25, 0.3) is 10.9 Å². The van der Waals surface area contributed by atoms with E-state index in [-0.39, 0.29) is 11.7 Å². The molecule has 1 aromatic heterocycles. The Balaban J connectivity index is 1.72. The average molecular weight is 356 g/mol. The normalized spacial score (nSPS) is 10.8. The number of halogens is 1. The molecule has 26 heavy (non-hydrogen) atoms. The van der Waals surface area contributed by atoms with Crippen LogP contribution in [0.3, 0.4) is 0 Å². The molecule has 3 rings (SSSR count). The molecule has 2 aromatic carbocycles. The second kappa shape index (κ2) is 7.47. The maximum atomic E-state index is 13.5. The highest BCUT2D eigenvalue weighted by molar-refractivity contribution is 6.08. The first-order valence-corrected chi connectivity index (χ1v) is 8.30. The molecule has 6 heteroatoms. The van der Waals surface area contributed by atoms with E-state index in [0.717, 1.165) is 11.1 Å². The molecular weight excluding hydrogens is 335 g/mol. The van der Waals surface area contributed by atoms with Gasteiger partial charge in [-0.2, -0.15) is 0 Å². The van der Waals surface area contributed by atoms with Crippen molar-refractivity contribution in [2.45, 2.75) is 13.3 Å². The fraction of sp³-hybridized carbons (Fsp3) is 0.250. The standard InChI is InChI=1S/C20H21FN2O3/c1-12-19(16-10-14(21)5-7-17(16)23-12)20(24)22-9-8-13-4-6-15(25-2)11-18(13)26-3/h4-7,10-11,23H,8-9H2,1-3H3,(H,22,24). The number of aryl methyl sites for hydroxylation is 1. The summed E-state index contributed by atoms with van der Waals surface area (Å²) >= 11 is 0. The van der Waals surface area contributed by atoms with Gasteiger partial charge in [-0.3, -0.25) is 4.79 Å². The van der Waals surface area contributed by atoms with Crippen molar-refractivity contribution in [3.63, 3.8) is 0 Å². The van der Waals surface area contributed by atoms with Crippen LogP contribution in [0.2, 0.25) is 0 Å². The van der Waals surface area contributed by atoms with Crippen LogP contribution in [-0.2, 0) is 6.42 Å². The van der Waals surface area contributed by atoms with Crippen LogP contribution in [0.4, 0.5) is 4.39 Å². The van der Waals surface area contributed by atoms with Crippen LogP contribution in [-0.4, -0.2) is 31.7 Å². The van der Waals surface area contributed by atoms with Crippen molar-refractivity contribution in [1.29, 1.82) is 0 Å². The van der Waals surface area contributed by atoms with Crippen LogP contribution in [0.15, 0.2) is 36.4 Å². The molecule has 0 aliphatic rings. The fourth-order valence-corrected chi connectivity index (χ4v) is 3.05. The Morgan fingerprint density at radius 2 is 1.96 bits per heavy atom. The zero-order chi connectivity index (χ0) is 18.7. The minimum absolute atomic E-state index is 0.230. The van der Waals surface area contributed by atoms with E-state index in [1.807, 2.05) is 18.2 Å². The topological polar surface area (TPSA) is 63.3 Å². The predicted molar refractivity (Wildman–Crippen MR) is 98.6 cm³/mol. The monoisotopic (exact) mass is 356 g/mol. The van der Waals surface area contributed by atoms with Crippen LogP contribution >= 0.6 is 0 Å². The van der Waals surface area contributed by atoms with Crippen molar-refractivity contribution >= 4 is 16.8 Å². The van der Waals surface area contributed by atoms with Crippen LogP contribution < -0.4 is 14.8 Å². The molecular formula is C20H21FN2O3. The zero-order valence-corrected chi connectivity index (χ0v) is 15.0. The number of nitrogens with one attached hydrogen (secondary N) is 2. The van der Waals surface area contributed by atoms with E-state index in [4.69, 9.17) is 9.47 Å². The molecule has 3 aromatic rings. The number of fused-ring (bicyclic) bond motifs is 1. The summed E-state index contributed by atoms with van der Waals surface area (Å²) in [7, 11) is 3.20. The lowest BCUT2D eigenvalue weighted by Crippen LogP contribution is -2.26. The number of rotatable bonds is 6. The van der Waals surface area contributed by atoms with Crippen LogP contribution in [0, 0.1) is 12.7 Å². The van der Waals surface area contributed by atoms with E-state index in [1.54, 1.807) is 27.2 Å². The SMILES string of the molecule is COc1ccc(CCNC(=O)c2c(C)[nH]c3ccc(F)cc23)c(OC)c1. The third-order valence-electron chi connectivity index (χ3n) is 4.35. The number of hydrogen-bond acceptors (Lipinski definition) is 3. The van der Waals surface area contributed by atoms with Gasteiger partial charge in [0.15, 0.2) is 0 Å². The van der Waals surface area contributed by atoms with Gasteiger partial charge >= 0.3 is 0 Å². The van der Waals surface area contributed by atoms with Crippen LogP contribution in [0.1, 0.15) is 21.6 Å². The molecule has 0 spiro atoms. The van der Waals surface area contributed by atoms with Crippen LogP contribution in [0.5, 0.6) is 11.5 Å². The number of methoxy groups -OCH3 is 2. The largest absolute Gasteiger partial charge is 0.497 e. The third kappa shape index (κ3) is 3.49. The van der Waals surface area contributed by atoms with Crippen molar-refractivity contribution in [2.24, 2.45) is 0 Å². The Bertz CT molecular complexity index is 950. The number of amides is 1. The summed E-state index contributed by atoms with van der Waals surface area (Å²) in [5.41, 5.74) is 2.90. The Labute approximate surface area is 151 Å². The van der Waals surface area contributed by atoms with Crippen molar-refractivity contribution in [1.82, 2.24) is 10.3 Å². The van der Waals surface area contributed by atoms with Gasteiger partial charge in [0, 0.05) is 29.2 Å². The van der Waals surface area contributed by atoms with Crippen molar-refractivity contribution in [3.05, 3.63) is 59.0 Å². The van der Waals surface area contributed by atoms with Gasteiger partial charge in [0.25, 0.3) is 5.91 Å². The highest BCUT2D eigenvalue weighted by Gasteiger charge is 2.16. The summed E-state index contributed by atoms with van der Waals surface area (Å²) in [6.07, 6.45) is 0.606. The molecule has 0 aliphatic heterocycles. The van der Waals surface area contributed by atoms with Gasteiger partial charge < -0.3 is 19.8 Å². The van der Waals surface area contributed by atoms with Crippen molar-refractivity contribution in [3.8, 4) is 11.5 Å². The quantitative estimate of drug-likeness (QED) is 0.709. The van der Waals surface area contributed by atoms with Gasteiger partial charge in [0.05, 0.1) is 19.8 Å². The van der Waals surface area contributed by atoms with Crippen molar-refractivity contribution < 1.29 is 18.7 Å². The molecule has 0 aliphatic carbocycles. The summed E-state index contributed by atoms with van der Waals surface area (Å²) in [5, 5.41) is 3.48. The molecule has 0 bridgehead atoms. The Morgan fingerprint density at radius 3 is 2.69 bits per heavy atom. The first-order chi connectivity index (χ1) is 12.5. The Morgan fingerprint density at radius 1 is 1.15 bits per heavy atom. The zero-order valence-electron chi connectivity index (χ0n) is 15.0. The smallest absolute Gasteiger partial charge is 0.253 e. The number of H-pyrrole nitrogens is 1. The number of carbonyl (C=O) groups excluding carboxylic acids is 1. The van der Waals surface area contributed by atoms with Gasteiger partial charge in [-0.05, 0) is 43.2 Å². The summed E-state index contributed by atoms with van der Waals surface area (Å²) in [6.45, 7) is 2.24. The number of hydrogen-bond donors (Lipinski definition) is 2. The predicted octanol–water partition coefficient (Wildman–Crippen LogP) is 3.61. The molecule has 5 nitrogen and oxygen atoms in total. The maximum Gasteiger partial charge on any atom is 0.253 e. The molecule has 0 unspecified atom stereocenters. The molecule has 0 saturated carbocycles. The molecule has 2 N–H and O–H groups in total. The summed E-state index contributed by atoms with van der Waals surface area (Å²) in [5.74, 6) is 0.829. The highest BCUT2D eigenvalue weighted by atomic mass is 19.1. The van der Waals surface area contributed by atoms with Gasteiger partial charge in [-0.25, -0.2) is 4.39 Å². The lowest BCUT2D eigenvalue weighted by atomic mass is 10.1. The first-order valence-electron chi connectivity index (χ1n) is 8.30. The lowest BCUT2D eigenvalue weighted by Gasteiger charge is -2.11. The van der Waals surface area contributed by atoms with E-state index >= 15 is 0 Å². The maximum absolute atomic E-state index is 13.5. The van der Waals surface area contributed by atoms with E-state index in [1.165, 1.54) is 12.1 Å². The molecule has 136 valence electrons. The minimum Gasteiger partial charge on any atom is -0.497 e. The summed E-state index contributed by atoms with van der Waals surface area (Å²) in [4.78, 5) is 15.7. The number of benzene rings is 2. The summed E-state index contributed by atoms with van der Waals surface area (Å²) < 4.78 is 24.1. The van der Waals surface area contributed by atoms with E-state index in [0.29, 0.717) is 41.1 Å². The van der Waals surface area contributed by atoms with E-state index in [9.17, 15) is 9.18 Å². The molecule has 0 atom stereocenters. The first kappa shape index (κ1) is 17.8. The van der Waals surface area contributed by atoms with Gasteiger partial charge in [-0.1, -0.05) is 6.07 Å². The highest BCUT2D eigenvalue weighted by Crippen LogP contribution is 2.25. The summed E-state index contributed by atoms with van der Waals surface area (Å²) in [6, 6.07) is 9.96. The number of aromatic nitrogens is 1. The van der Waals surface area contributed by atoms with E-state index < -0.39 is 0 Å². The Hall–Kier alpha value is -3.02. The number of carbonyl (C=O) groups is 1. The van der Waals surface area contributed by atoms with Gasteiger partial charge in [0.2, 0.25) is 0 Å². The molecule has 0 saturated heterocycles. The van der Waals surface area contributed by atoms with Gasteiger partial charge in [-0.15, -0.1) is 0 Å². The second-order valence-electron chi connectivity index (χ2n) is 6.00. The lowest BCUT2D eigenvalue weighted by molar-refractivity contribution is 0.0955. The van der Waals surface area contributed by atoms with Crippen molar-refractivity contribution in [2.75, 3.05) is 20.8 Å². The minimum atomic E-state index is -0.367.